The number of hydrogen-bond acceptors (Lipinski definition) is 6. The van der Waals surface area contributed by atoms with Crippen molar-refractivity contribution in [2.75, 3.05) is 30.8 Å². The fraction of sp³-hybridized carbons (Fsp3) is 0.333. The highest BCUT2D eigenvalue weighted by Crippen LogP contribution is 2.27. The van der Waals surface area contributed by atoms with E-state index in [9.17, 15) is 18.0 Å². The standard InChI is InChI=1S/C30H37N3O5S2/c1-6-18-31-30(35)23(3)32(20-24-8-7-9-26(19-24)38-4)29(34)21-33(25-12-10-22(2)11-13-25)40(36,37)28-16-14-27(39-5)15-17-28/h7-17,19,23H,6,18,20-21H2,1-5H3,(H,31,35)/t23-/m1/s1. The van der Waals surface area contributed by atoms with Gasteiger partial charge in [0, 0.05) is 18.0 Å². The van der Waals surface area contributed by atoms with Crippen LogP contribution in [0.4, 0.5) is 5.69 Å². The number of sulfonamides is 1. The quantitative estimate of drug-likeness (QED) is 0.289. The molecule has 0 aliphatic carbocycles. The first kappa shape index (κ1) is 31.0. The van der Waals surface area contributed by atoms with Crippen molar-refractivity contribution in [3.05, 3.63) is 83.9 Å². The molecule has 0 saturated heterocycles. The average Bonchev–Trinajstić information content (AvgIpc) is 2.97. The molecule has 2 amide bonds. The fourth-order valence-electron chi connectivity index (χ4n) is 4.06. The van der Waals surface area contributed by atoms with Gasteiger partial charge in [0.15, 0.2) is 0 Å². The number of aryl methyl sites for hydroxylation is 1. The van der Waals surface area contributed by atoms with Gasteiger partial charge in [-0.05, 0) is 80.6 Å². The van der Waals surface area contributed by atoms with Crippen LogP contribution in [-0.4, -0.2) is 57.6 Å². The van der Waals surface area contributed by atoms with Crippen molar-refractivity contribution >= 4 is 39.3 Å². The Kier molecular flexibility index (Phi) is 11.0. The predicted molar refractivity (Wildman–Crippen MR) is 160 cm³/mol. The lowest BCUT2D eigenvalue weighted by Gasteiger charge is -2.32. The van der Waals surface area contributed by atoms with Crippen molar-refractivity contribution in [2.24, 2.45) is 0 Å². The van der Waals surface area contributed by atoms with Crippen LogP contribution in [0, 0.1) is 6.92 Å². The number of amides is 2. The second kappa shape index (κ2) is 14.2. The van der Waals surface area contributed by atoms with Gasteiger partial charge in [-0.1, -0.05) is 36.8 Å². The summed E-state index contributed by atoms with van der Waals surface area (Å²) in [7, 11) is -2.55. The van der Waals surface area contributed by atoms with E-state index in [1.54, 1.807) is 80.8 Å². The average molecular weight is 584 g/mol. The van der Waals surface area contributed by atoms with Gasteiger partial charge in [-0.2, -0.15) is 0 Å². The molecular formula is C30H37N3O5S2. The predicted octanol–water partition coefficient (Wildman–Crippen LogP) is 4.86. The Labute approximate surface area is 241 Å². The van der Waals surface area contributed by atoms with Crippen LogP contribution in [0.25, 0.3) is 0 Å². The van der Waals surface area contributed by atoms with E-state index < -0.39 is 28.5 Å². The zero-order valence-electron chi connectivity index (χ0n) is 23.6. The summed E-state index contributed by atoms with van der Waals surface area (Å²) < 4.78 is 34.3. The molecule has 40 heavy (non-hydrogen) atoms. The van der Waals surface area contributed by atoms with Crippen LogP contribution in [0.15, 0.2) is 82.6 Å². The van der Waals surface area contributed by atoms with E-state index in [0.717, 1.165) is 26.7 Å². The molecule has 0 fully saturated rings. The zero-order valence-corrected chi connectivity index (χ0v) is 25.2. The molecule has 0 bridgehead atoms. The smallest absolute Gasteiger partial charge is 0.264 e. The lowest BCUT2D eigenvalue weighted by Crippen LogP contribution is -2.51. The molecule has 1 N–H and O–H groups in total. The van der Waals surface area contributed by atoms with Gasteiger partial charge in [0.05, 0.1) is 17.7 Å². The molecule has 3 aromatic rings. The van der Waals surface area contributed by atoms with Gasteiger partial charge in [0.1, 0.15) is 18.3 Å². The van der Waals surface area contributed by atoms with Crippen molar-refractivity contribution < 1.29 is 22.7 Å². The minimum absolute atomic E-state index is 0.0757. The topological polar surface area (TPSA) is 96.0 Å². The third kappa shape index (κ3) is 7.79. The summed E-state index contributed by atoms with van der Waals surface area (Å²) in [6, 6.07) is 19.9. The molecule has 3 aromatic carbocycles. The van der Waals surface area contributed by atoms with E-state index in [0.29, 0.717) is 18.0 Å². The Morgan fingerprint density at radius 2 is 1.70 bits per heavy atom. The molecule has 1 atom stereocenters. The summed E-state index contributed by atoms with van der Waals surface area (Å²) in [6.45, 7) is 5.59. The molecule has 0 unspecified atom stereocenters. The van der Waals surface area contributed by atoms with E-state index in [1.165, 1.54) is 16.7 Å². The molecule has 0 aromatic heterocycles. The molecule has 3 rings (SSSR count). The minimum Gasteiger partial charge on any atom is -0.497 e. The van der Waals surface area contributed by atoms with E-state index in [-0.39, 0.29) is 17.3 Å². The zero-order chi connectivity index (χ0) is 29.3. The van der Waals surface area contributed by atoms with E-state index in [1.807, 2.05) is 26.2 Å². The van der Waals surface area contributed by atoms with E-state index in [4.69, 9.17) is 4.74 Å². The van der Waals surface area contributed by atoms with Crippen molar-refractivity contribution in [3.8, 4) is 5.75 Å². The molecule has 0 heterocycles. The Balaban J connectivity index is 2.02. The summed E-state index contributed by atoms with van der Waals surface area (Å²) in [5.74, 6) is -0.201. The van der Waals surface area contributed by atoms with Crippen LogP contribution in [0.3, 0.4) is 0 Å². The third-order valence-electron chi connectivity index (χ3n) is 6.45. The monoisotopic (exact) mass is 583 g/mol. The highest BCUT2D eigenvalue weighted by atomic mass is 32.2. The lowest BCUT2D eigenvalue weighted by atomic mass is 10.1. The van der Waals surface area contributed by atoms with Gasteiger partial charge in [0.2, 0.25) is 11.8 Å². The summed E-state index contributed by atoms with van der Waals surface area (Å²) >= 11 is 1.51. The summed E-state index contributed by atoms with van der Waals surface area (Å²) in [4.78, 5) is 29.3. The Morgan fingerprint density at radius 1 is 1.02 bits per heavy atom. The van der Waals surface area contributed by atoms with Crippen LogP contribution in [0.1, 0.15) is 31.4 Å². The number of carbonyl (C=O) groups excluding carboxylic acids is 2. The minimum atomic E-state index is -4.11. The van der Waals surface area contributed by atoms with Crippen molar-refractivity contribution in [3.63, 3.8) is 0 Å². The summed E-state index contributed by atoms with van der Waals surface area (Å²) in [5.41, 5.74) is 2.06. The number of ether oxygens (including phenoxy) is 1. The van der Waals surface area contributed by atoms with Crippen molar-refractivity contribution in [1.82, 2.24) is 10.2 Å². The largest absolute Gasteiger partial charge is 0.497 e. The first-order valence-electron chi connectivity index (χ1n) is 13.0. The molecule has 214 valence electrons. The van der Waals surface area contributed by atoms with Gasteiger partial charge in [0.25, 0.3) is 10.0 Å². The second-order valence-electron chi connectivity index (χ2n) is 9.36. The van der Waals surface area contributed by atoms with Crippen molar-refractivity contribution in [1.29, 1.82) is 0 Å². The lowest BCUT2D eigenvalue weighted by molar-refractivity contribution is -0.139. The van der Waals surface area contributed by atoms with E-state index >= 15 is 0 Å². The Bertz CT molecular complexity index is 1390. The molecule has 0 spiro atoms. The first-order chi connectivity index (χ1) is 19.1. The maximum Gasteiger partial charge on any atom is 0.264 e. The molecule has 0 aliphatic rings. The number of hydrogen-bond donors (Lipinski definition) is 1. The number of thioether (sulfide) groups is 1. The first-order valence-corrected chi connectivity index (χ1v) is 15.7. The Morgan fingerprint density at radius 3 is 2.30 bits per heavy atom. The number of benzene rings is 3. The Hall–Kier alpha value is -3.50. The molecule has 10 heteroatoms. The van der Waals surface area contributed by atoms with Crippen molar-refractivity contribution in [2.45, 2.75) is 49.6 Å². The number of nitrogens with one attached hydrogen (secondary N) is 1. The third-order valence-corrected chi connectivity index (χ3v) is 8.98. The maximum atomic E-state index is 14.0. The van der Waals surface area contributed by atoms with Gasteiger partial charge in [-0.25, -0.2) is 8.42 Å². The van der Waals surface area contributed by atoms with Crippen LogP contribution in [-0.2, 0) is 26.2 Å². The number of methoxy groups -OCH3 is 1. The number of carbonyl (C=O) groups is 2. The van der Waals surface area contributed by atoms with Crippen LogP contribution in [0.2, 0.25) is 0 Å². The molecule has 0 aliphatic heterocycles. The second-order valence-corrected chi connectivity index (χ2v) is 12.1. The highest BCUT2D eigenvalue weighted by Gasteiger charge is 2.32. The van der Waals surface area contributed by atoms with Crippen LogP contribution in [0.5, 0.6) is 5.75 Å². The fourth-order valence-corrected chi connectivity index (χ4v) is 5.88. The van der Waals surface area contributed by atoms with Gasteiger partial charge in [-0.15, -0.1) is 11.8 Å². The molecule has 8 nitrogen and oxygen atoms in total. The number of nitrogens with zero attached hydrogens (tertiary/aromatic N) is 2. The van der Waals surface area contributed by atoms with Crippen LogP contribution < -0.4 is 14.4 Å². The SMILES string of the molecule is CCCNC(=O)[C@@H](C)N(Cc1cccc(OC)c1)C(=O)CN(c1ccc(C)cc1)S(=O)(=O)c1ccc(SC)cc1. The van der Waals surface area contributed by atoms with Gasteiger partial charge >= 0.3 is 0 Å². The molecule has 0 saturated carbocycles. The highest BCUT2D eigenvalue weighted by molar-refractivity contribution is 7.98. The summed E-state index contributed by atoms with van der Waals surface area (Å²) in [6.07, 6.45) is 2.66. The van der Waals surface area contributed by atoms with Gasteiger partial charge < -0.3 is 15.0 Å². The molecular weight excluding hydrogens is 546 g/mol. The summed E-state index contributed by atoms with van der Waals surface area (Å²) in [5, 5.41) is 2.84. The number of anilines is 1. The number of rotatable bonds is 13. The normalized spacial score (nSPS) is 11.9. The van der Waals surface area contributed by atoms with Crippen LogP contribution >= 0.6 is 11.8 Å². The van der Waals surface area contributed by atoms with Gasteiger partial charge in [-0.3, -0.25) is 13.9 Å². The molecule has 0 radical (unpaired) electrons. The van der Waals surface area contributed by atoms with E-state index in [2.05, 4.69) is 5.32 Å². The maximum absolute atomic E-state index is 14.0.